The highest BCUT2D eigenvalue weighted by atomic mass is 19.1. The van der Waals surface area contributed by atoms with Crippen molar-refractivity contribution in [1.82, 2.24) is 25.2 Å². The Labute approximate surface area is 135 Å². The molecule has 1 saturated heterocycles. The van der Waals surface area contributed by atoms with Gasteiger partial charge in [0.2, 0.25) is 5.91 Å². The summed E-state index contributed by atoms with van der Waals surface area (Å²) in [5.41, 5.74) is -0.189. The fourth-order valence-corrected chi connectivity index (χ4v) is 2.29. The van der Waals surface area contributed by atoms with Crippen LogP contribution >= 0.6 is 0 Å². The average molecular weight is 335 g/mol. The van der Waals surface area contributed by atoms with Gasteiger partial charge in [0, 0.05) is 6.54 Å². The maximum atomic E-state index is 13.2. The number of ether oxygens (including phenoxy) is 1. The molecule has 1 fully saturated rings. The molecule has 0 radical (unpaired) electrons. The molecule has 2 aromatic rings. The lowest BCUT2D eigenvalue weighted by atomic mass is 10.2. The molecule has 24 heavy (non-hydrogen) atoms. The SMILES string of the molecule is O=C(CN1CCOC1=O)NCCn1nnc2ccc(F)cc2c1=O. The quantitative estimate of drug-likeness (QED) is 0.789. The second kappa shape index (κ2) is 6.60. The van der Waals surface area contributed by atoms with Crippen molar-refractivity contribution >= 4 is 22.9 Å². The number of hydrogen-bond donors (Lipinski definition) is 1. The number of carbonyl (C=O) groups is 2. The van der Waals surface area contributed by atoms with E-state index in [9.17, 15) is 18.8 Å². The first-order valence-electron chi connectivity index (χ1n) is 7.26. The molecular formula is C14H14FN5O4. The van der Waals surface area contributed by atoms with Crippen LogP contribution < -0.4 is 10.9 Å². The number of benzene rings is 1. The Morgan fingerprint density at radius 1 is 1.38 bits per heavy atom. The van der Waals surface area contributed by atoms with Crippen LogP contribution in [0.3, 0.4) is 0 Å². The first-order valence-corrected chi connectivity index (χ1v) is 7.26. The number of aromatic nitrogens is 3. The predicted octanol–water partition coefficient (Wildman–Crippen LogP) is -0.501. The van der Waals surface area contributed by atoms with E-state index in [1.54, 1.807) is 0 Å². The minimum Gasteiger partial charge on any atom is -0.448 e. The molecule has 1 aliphatic rings. The lowest BCUT2D eigenvalue weighted by Gasteiger charge is -2.12. The number of carbonyl (C=O) groups excluding carboxylic acids is 2. The third-order valence-electron chi connectivity index (χ3n) is 3.51. The Morgan fingerprint density at radius 3 is 2.96 bits per heavy atom. The Hall–Kier alpha value is -3.04. The van der Waals surface area contributed by atoms with Crippen molar-refractivity contribution in [3.8, 4) is 0 Å². The van der Waals surface area contributed by atoms with Crippen molar-refractivity contribution in [3.63, 3.8) is 0 Å². The van der Waals surface area contributed by atoms with E-state index >= 15 is 0 Å². The van der Waals surface area contributed by atoms with Gasteiger partial charge in [0.15, 0.2) is 0 Å². The van der Waals surface area contributed by atoms with E-state index in [0.717, 1.165) is 10.7 Å². The summed E-state index contributed by atoms with van der Waals surface area (Å²) in [6.07, 6.45) is -0.524. The van der Waals surface area contributed by atoms with Gasteiger partial charge in [0.25, 0.3) is 5.56 Å². The molecule has 1 N–H and O–H groups in total. The van der Waals surface area contributed by atoms with Crippen molar-refractivity contribution in [2.24, 2.45) is 0 Å². The van der Waals surface area contributed by atoms with E-state index in [0.29, 0.717) is 12.1 Å². The van der Waals surface area contributed by atoms with Crippen LogP contribution in [0.2, 0.25) is 0 Å². The predicted molar refractivity (Wildman–Crippen MR) is 79.7 cm³/mol. The van der Waals surface area contributed by atoms with Gasteiger partial charge in [-0.25, -0.2) is 13.9 Å². The zero-order chi connectivity index (χ0) is 17.1. The van der Waals surface area contributed by atoms with Crippen LogP contribution in [0.25, 0.3) is 10.9 Å². The van der Waals surface area contributed by atoms with Crippen molar-refractivity contribution in [2.75, 3.05) is 26.2 Å². The summed E-state index contributed by atoms with van der Waals surface area (Å²) >= 11 is 0. The van der Waals surface area contributed by atoms with Crippen molar-refractivity contribution < 1.29 is 18.7 Å². The zero-order valence-corrected chi connectivity index (χ0v) is 12.6. The monoisotopic (exact) mass is 335 g/mol. The summed E-state index contributed by atoms with van der Waals surface area (Å²) in [4.78, 5) is 36.4. The molecule has 1 aliphatic heterocycles. The highest BCUT2D eigenvalue weighted by Gasteiger charge is 2.23. The van der Waals surface area contributed by atoms with E-state index in [4.69, 9.17) is 4.74 Å². The molecule has 2 amide bonds. The number of nitrogens with zero attached hydrogens (tertiary/aromatic N) is 4. The summed E-state index contributed by atoms with van der Waals surface area (Å²) < 4.78 is 19.0. The van der Waals surface area contributed by atoms with Gasteiger partial charge in [0.05, 0.1) is 18.5 Å². The molecular weight excluding hydrogens is 321 g/mol. The Kier molecular flexibility index (Phi) is 4.36. The largest absolute Gasteiger partial charge is 0.448 e. The number of amides is 2. The van der Waals surface area contributed by atoms with Gasteiger partial charge in [-0.15, -0.1) is 5.10 Å². The van der Waals surface area contributed by atoms with Crippen molar-refractivity contribution in [3.05, 3.63) is 34.4 Å². The summed E-state index contributed by atoms with van der Waals surface area (Å²) in [6, 6.07) is 3.67. The van der Waals surface area contributed by atoms with E-state index in [1.165, 1.54) is 17.0 Å². The summed E-state index contributed by atoms with van der Waals surface area (Å²) in [5, 5.41) is 10.3. The molecule has 126 valence electrons. The number of hydrogen-bond acceptors (Lipinski definition) is 6. The second-order valence-corrected chi connectivity index (χ2v) is 5.17. The number of cyclic esters (lactones) is 1. The van der Waals surface area contributed by atoms with Gasteiger partial charge in [-0.1, -0.05) is 5.21 Å². The van der Waals surface area contributed by atoms with Crippen LogP contribution in [0.1, 0.15) is 0 Å². The third-order valence-corrected chi connectivity index (χ3v) is 3.51. The molecule has 0 atom stereocenters. The molecule has 0 unspecified atom stereocenters. The highest BCUT2D eigenvalue weighted by molar-refractivity contribution is 5.82. The lowest BCUT2D eigenvalue weighted by molar-refractivity contribution is -0.121. The number of halogens is 1. The first-order chi connectivity index (χ1) is 11.5. The van der Waals surface area contributed by atoms with Crippen LogP contribution in [0.4, 0.5) is 9.18 Å². The van der Waals surface area contributed by atoms with Crippen LogP contribution in [0, 0.1) is 5.82 Å². The van der Waals surface area contributed by atoms with Gasteiger partial charge in [0.1, 0.15) is 24.5 Å². The summed E-state index contributed by atoms with van der Waals surface area (Å²) in [7, 11) is 0. The Bertz CT molecular complexity index is 853. The number of fused-ring (bicyclic) bond motifs is 1. The highest BCUT2D eigenvalue weighted by Crippen LogP contribution is 2.07. The minimum absolute atomic E-state index is 0.0779. The zero-order valence-electron chi connectivity index (χ0n) is 12.6. The maximum absolute atomic E-state index is 13.2. The van der Waals surface area contributed by atoms with Crippen molar-refractivity contribution in [1.29, 1.82) is 0 Å². The topological polar surface area (TPSA) is 106 Å². The average Bonchev–Trinajstić information content (AvgIpc) is 2.95. The lowest BCUT2D eigenvalue weighted by Crippen LogP contribution is -2.39. The van der Waals surface area contributed by atoms with Gasteiger partial charge >= 0.3 is 6.09 Å². The van der Waals surface area contributed by atoms with E-state index in [-0.39, 0.29) is 37.5 Å². The van der Waals surface area contributed by atoms with Gasteiger partial charge in [-0.2, -0.15) is 0 Å². The molecule has 0 aliphatic carbocycles. The normalized spacial score (nSPS) is 14.0. The Morgan fingerprint density at radius 2 is 2.21 bits per heavy atom. The van der Waals surface area contributed by atoms with Gasteiger partial charge < -0.3 is 10.1 Å². The van der Waals surface area contributed by atoms with Gasteiger partial charge in [-0.3, -0.25) is 14.5 Å². The van der Waals surface area contributed by atoms with Crippen molar-refractivity contribution in [2.45, 2.75) is 6.54 Å². The van der Waals surface area contributed by atoms with E-state index in [2.05, 4.69) is 15.6 Å². The minimum atomic E-state index is -0.537. The van der Waals surface area contributed by atoms with Crippen LogP contribution in [-0.4, -0.2) is 58.1 Å². The van der Waals surface area contributed by atoms with Crippen LogP contribution in [-0.2, 0) is 16.1 Å². The van der Waals surface area contributed by atoms with Crippen LogP contribution in [0.5, 0.6) is 0 Å². The third kappa shape index (κ3) is 3.31. The van der Waals surface area contributed by atoms with E-state index in [1.807, 2.05) is 0 Å². The molecule has 0 saturated carbocycles. The second-order valence-electron chi connectivity index (χ2n) is 5.17. The smallest absolute Gasteiger partial charge is 0.410 e. The number of rotatable bonds is 5. The molecule has 9 nitrogen and oxygen atoms in total. The summed E-state index contributed by atoms with van der Waals surface area (Å²) in [6.45, 7) is 0.728. The molecule has 1 aromatic carbocycles. The summed E-state index contributed by atoms with van der Waals surface area (Å²) in [5.74, 6) is -0.911. The molecule has 0 bridgehead atoms. The molecule has 0 spiro atoms. The molecule has 3 rings (SSSR count). The van der Waals surface area contributed by atoms with E-state index < -0.39 is 17.5 Å². The standard InChI is InChI=1S/C14H14FN5O4/c15-9-1-2-11-10(7-9)13(22)20(18-17-11)4-3-16-12(21)8-19-5-6-24-14(19)23/h1-2,7H,3-6,8H2,(H,16,21). The number of nitrogens with one attached hydrogen (secondary N) is 1. The fraction of sp³-hybridized carbons (Fsp3) is 0.357. The fourth-order valence-electron chi connectivity index (χ4n) is 2.29. The maximum Gasteiger partial charge on any atom is 0.410 e. The Balaban J connectivity index is 1.59. The molecule has 2 heterocycles. The molecule has 10 heteroatoms. The first kappa shape index (κ1) is 15.8. The van der Waals surface area contributed by atoms with Gasteiger partial charge in [-0.05, 0) is 18.2 Å². The van der Waals surface area contributed by atoms with Crippen LogP contribution in [0.15, 0.2) is 23.0 Å². The molecule has 1 aromatic heterocycles.